The molecule has 1 aromatic carbocycles. The van der Waals surface area contributed by atoms with Crippen LogP contribution in [0.2, 0.25) is 0 Å². The van der Waals surface area contributed by atoms with Gasteiger partial charge < -0.3 is 19.4 Å². The quantitative estimate of drug-likeness (QED) is 0.388. The third-order valence-electron chi connectivity index (χ3n) is 4.99. The van der Waals surface area contributed by atoms with E-state index in [0.29, 0.717) is 5.89 Å². The minimum Gasteiger partial charge on any atom is -0.493 e. The average Bonchev–Trinajstić information content (AvgIpc) is 3.51. The van der Waals surface area contributed by atoms with Crippen LogP contribution in [0.25, 0.3) is 33.5 Å². The molecule has 5 rings (SSSR count). The first-order valence-corrected chi connectivity index (χ1v) is 9.82. The largest absolute Gasteiger partial charge is 0.493 e. The lowest BCUT2D eigenvalue weighted by atomic mass is 10.0. The second-order valence-electron chi connectivity index (χ2n) is 7.01. The fraction of sp³-hybridized carbons (Fsp3) is 0.136. The van der Waals surface area contributed by atoms with E-state index in [0.717, 1.165) is 52.8 Å². The topological polar surface area (TPSA) is 115 Å². The molecule has 0 atom stereocenters. The van der Waals surface area contributed by atoms with Crippen molar-refractivity contribution in [3.05, 3.63) is 67.8 Å². The van der Waals surface area contributed by atoms with E-state index in [1.807, 2.05) is 35.3 Å². The first-order valence-electron chi connectivity index (χ1n) is 9.82. The number of aromatic hydroxyl groups is 1. The fourth-order valence-electron chi connectivity index (χ4n) is 3.47. The number of hydrogen-bond donors (Lipinski definition) is 2. The highest BCUT2D eigenvalue weighted by Gasteiger charge is 2.15. The molecule has 9 nitrogen and oxygen atoms in total. The molecule has 0 bridgehead atoms. The van der Waals surface area contributed by atoms with E-state index < -0.39 is 0 Å². The van der Waals surface area contributed by atoms with Gasteiger partial charge in [-0.2, -0.15) is 0 Å². The molecule has 0 amide bonds. The fourth-order valence-corrected chi connectivity index (χ4v) is 3.47. The highest BCUT2D eigenvalue weighted by molar-refractivity contribution is 6.00. The van der Waals surface area contributed by atoms with Crippen LogP contribution in [0.15, 0.2) is 72.3 Å². The maximum Gasteiger partial charge on any atom is 0.251 e. The Bertz CT molecular complexity index is 1280. The van der Waals surface area contributed by atoms with Crippen molar-refractivity contribution in [2.24, 2.45) is 0 Å². The number of rotatable bonds is 7. The van der Waals surface area contributed by atoms with E-state index in [4.69, 9.17) is 4.42 Å². The summed E-state index contributed by atoms with van der Waals surface area (Å²) in [6, 6.07) is 9.40. The number of anilines is 1. The normalized spacial score (nSPS) is 11.1. The molecule has 9 heteroatoms. The number of nitrogens with zero attached hydrogens (tertiary/aromatic N) is 6. The summed E-state index contributed by atoms with van der Waals surface area (Å²) in [5, 5.41) is 21.8. The zero-order valence-electron chi connectivity index (χ0n) is 16.5. The van der Waals surface area contributed by atoms with Crippen LogP contribution in [-0.2, 0) is 6.54 Å². The van der Waals surface area contributed by atoms with Crippen molar-refractivity contribution < 1.29 is 9.52 Å². The molecule has 0 saturated heterocycles. The van der Waals surface area contributed by atoms with E-state index in [2.05, 4.69) is 36.5 Å². The van der Waals surface area contributed by atoms with Crippen molar-refractivity contribution in [1.29, 1.82) is 0 Å². The van der Waals surface area contributed by atoms with Crippen molar-refractivity contribution >= 4 is 16.6 Å². The second-order valence-corrected chi connectivity index (χ2v) is 7.01. The van der Waals surface area contributed by atoms with Crippen molar-refractivity contribution in [2.75, 3.05) is 11.9 Å². The van der Waals surface area contributed by atoms with Crippen LogP contribution in [0.3, 0.4) is 0 Å². The minimum atomic E-state index is -0.00914. The molecular weight excluding hydrogens is 394 g/mol. The maximum atomic E-state index is 9.49. The van der Waals surface area contributed by atoms with E-state index in [1.165, 1.54) is 6.39 Å². The Morgan fingerprint density at radius 3 is 2.77 bits per heavy atom. The van der Waals surface area contributed by atoms with Crippen LogP contribution in [0.1, 0.15) is 6.42 Å². The van der Waals surface area contributed by atoms with Gasteiger partial charge in [-0.3, -0.25) is 4.98 Å². The van der Waals surface area contributed by atoms with Crippen LogP contribution < -0.4 is 5.32 Å². The molecule has 0 fully saturated rings. The smallest absolute Gasteiger partial charge is 0.251 e. The summed E-state index contributed by atoms with van der Waals surface area (Å²) in [4.78, 5) is 12.6. The highest BCUT2D eigenvalue weighted by atomic mass is 16.4. The summed E-state index contributed by atoms with van der Waals surface area (Å²) >= 11 is 0. The van der Waals surface area contributed by atoms with Crippen LogP contribution in [0, 0.1) is 0 Å². The number of aromatic nitrogens is 6. The summed E-state index contributed by atoms with van der Waals surface area (Å²) in [5.74, 6) is 0.397. The summed E-state index contributed by atoms with van der Waals surface area (Å²) in [5.41, 5.74) is 4.33. The summed E-state index contributed by atoms with van der Waals surface area (Å²) in [6.07, 6.45) is 11.1. The first kappa shape index (κ1) is 18.7. The number of benzene rings is 1. The monoisotopic (exact) mass is 413 g/mol. The van der Waals surface area contributed by atoms with E-state index in [-0.39, 0.29) is 5.88 Å². The van der Waals surface area contributed by atoms with Gasteiger partial charge in [-0.05, 0) is 30.2 Å². The minimum absolute atomic E-state index is 0.00914. The molecular formula is C22H19N7O2. The van der Waals surface area contributed by atoms with Gasteiger partial charge in [0.1, 0.15) is 0 Å². The zero-order valence-corrected chi connectivity index (χ0v) is 16.5. The molecule has 0 aliphatic rings. The Morgan fingerprint density at radius 2 is 2.00 bits per heavy atom. The van der Waals surface area contributed by atoms with E-state index in [1.54, 1.807) is 24.7 Å². The Balaban J connectivity index is 1.52. The van der Waals surface area contributed by atoms with Crippen molar-refractivity contribution in [3.8, 4) is 28.5 Å². The van der Waals surface area contributed by atoms with Crippen LogP contribution in [-0.4, -0.2) is 41.4 Å². The molecule has 4 heterocycles. The zero-order chi connectivity index (χ0) is 21.0. The molecule has 0 spiro atoms. The molecule has 5 aromatic rings. The molecule has 31 heavy (non-hydrogen) atoms. The van der Waals surface area contributed by atoms with E-state index >= 15 is 0 Å². The van der Waals surface area contributed by atoms with Gasteiger partial charge in [-0.1, -0.05) is 6.07 Å². The van der Waals surface area contributed by atoms with Crippen LogP contribution in [0.5, 0.6) is 5.88 Å². The van der Waals surface area contributed by atoms with Crippen LogP contribution in [0.4, 0.5) is 5.69 Å². The number of imidazole rings is 1. The van der Waals surface area contributed by atoms with Crippen molar-refractivity contribution in [3.63, 3.8) is 0 Å². The van der Waals surface area contributed by atoms with E-state index in [9.17, 15) is 5.11 Å². The Morgan fingerprint density at radius 1 is 1.06 bits per heavy atom. The molecule has 0 aliphatic heterocycles. The van der Waals surface area contributed by atoms with Gasteiger partial charge in [0.15, 0.2) is 0 Å². The number of fused-ring (bicyclic) bond motifs is 1. The lowest BCUT2D eigenvalue weighted by Gasteiger charge is -2.14. The Labute approximate surface area is 177 Å². The van der Waals surface area contributed by atoms with Gasteiger partial charge in [0, 0.05) is 54.9 Å². The molecule has 0 radical (unpaired) electrons. The SMILES string of the molecule is Oc1ccc(-c2ccc3ncc(-c4nnco4)c(NCCCn4ccnc4)c3c2)cn1. The molecule has 0 aliphatic carbocycles. The summed E-state index contributed by atoms with van der Waals surface area (Å²) < 4.78 is 7.49. The van der Waals surface area contributed by atoms with Gasteiger partial charge in [0.2, 0.25) is 12.3 Å². The molecule has 0 unspecified atom stereocenters. The van der Waals surface area contributed by atoms with Crippen LogP contribution >= 0.6 is 0 Å². The first-order chi connectivity index (χ1) is 15.3. The second kappa shape index (κ2) is 8.23. The lowest BCUT2D eigenvalue weighted by molar-refractivity contribution is 0.453. The Hall–Kier alpha value is -4.27. The molecule has 2 N–H and O–H groups in total. The molecule has 154 valence electrons. The van der Waals surface area contributed by atoms with Crippen molar-refractivity contribution in [1.82, 2.24) is 29.7 Å². The Kier molecular flexibility index (Phi) is 4.97. The number of hydrogen-bond acceptors (Lipinski definition) is 8. The average molecular weight is 413 g/mol. The number of nitrogens with one attached hydrogen (secondary N) is 1. The summed E-state index contributed by atoms with van der Waals surface area (Å²) in [7, 11) is 0. The maximum absolute atomic E-state index is 9.49. The van der Waals surface area contributed by atoms with Gasteiger partial charge in [0.05, 0.1) is 23.1 Å². The standard InChI is InChI=1S/C22H19N7O2/c30-20-5-3-16(11-26-20)15-2-4-19-17(10-15)21(18(12-25-19)22-28-27-14-31-22)24-6-1-8-29-9-7-23-13-29/h2-5,7,9-14H,1,6,8H2,(H,24,25)(H,26,30). The molecule has 4 aromatic heterocycles. The third-order valence-corrected chi connectivity index (χ3v) is 4.99. The van der Waals surface area contributed by atoms with Gasteiger partial charge >= 0.3 is 0 Å². The van der Waals surface area contributed by atoms with Gasteiger partial charge in [0.25, 0.3) is 5.89 Å². The summed E-state index contributed by atoms with van der Waals surface area (Å²) in [6.45, 7) is 1.60. The lowest BCUT2D eigenvalue weighted by Crippen LogP contribution is -2.07. The van der Waals surface area contributed by atoms with Crippen molar-refractivity contribution in [2.45, 2.75) is 13.0 Å². The number of pyridine rings is 2. The predicted molar refractivity (Wildman–Crippen MR) is 115 cm³/mol. The molecule has 0 saturated carbocycles. The number of aryl methyl sites for hydroxylation is 1. The third kappa shape index (κ3) is 3.93. The highest BCUT2D eigenvalue weighted by Crippen LogP contribution is 2.35. The van der Waals surface area contributed by atoms with Gasteiger partial charge in [-0.25, -0.2) is 9.97 Å². The predicted octanol–water partition coefficient (Wildman–Crippen LogP) is 3.75. The van der Waals surface area contributed by atoms with Gasteiger partial charge in [-0.15, -0.1) is 10.2 Å².